The first-order chi connectivity index (χ1) is 11.5. The molecule has 0 aliphatic heterocycles. The number of pyridine rings is 1. The Bertz CT molecular complexity index is 1010. The number of carbonyl (C=O) groups is 1. The molecule has 0 aliphatic carbocycles. The number of nitrogens with zero attached hydrogens (tertiary/aromatic N) is 1. The van der Waals surface area contributed by atoms with Gasteiger partial charge in [0.05, 0.1) is 16.5 Å². The van der Waals surface area contributed by atoms with Gasteiger partial charge in [-0.25, -0.2) is 13.6 Å². The van der Waals surface area contributed by atoms with Crippen molar-refractivity contribution in [3.8, 4) is 11.1 Å². The van der Waals surface area contributed by atoms with Crippen LogP contribution in [0, 0.1) is 11.6 Å². The van der Waals surface area contributed by atoms with Crippen LogP contribution in [-0.4, -0.2) is 15.6 Å². The van der Waals surface area contributed by atoms with E-state index in [1.54, 1.807) is 37.3 Å². The van der Waals surface area contributed by atoms with E-state index >= 15 is 4.39 Å². The summed E-state index contributed by atoms with van der Waals surface area (Å²) >= 11 is 0. The zero-order valence-electron chi connectivity index (χ0n) is 12.7. The van der Waals surface area contributed by atoms with E-state index in [2.05, 4.69) is 0 Å². The molecule has 1 aromatic heterocycles. The highest BCUT2D eigenvalue weighted by Gasteiger charge is 2.22. The van der Waals surface area contributed by atoms with Gasteiger partial charge >= 0.3 is 5.97 Å². The van der Waals surface area contributed by atoms with E-state index in [0.29, 0.717) is 5.56 Å². The minimum Gasteiger partial charge on any atom is -0.477 e. The van der Waals surface area contributed by atoms with Gasteiger partial charge in [-0.15, -0.1) is 0 Å². The van der Waals surface area contributed by atoms with Gasteiger partial charge in [0.1, 0.15) is 11.4 Å². The van der Waals surface area contributed by atoms with Crippen LogP contribution >= 0.6 is 0 Å². The molecule has 0 radical (unpaired) electrons. The maximum Gasteiger partial charge on any atom is 0.341 e. The molecular formula is C18H13F2NO3. The van der Waals surface area contributed by atoms with E-state index in [4.69, 9.17) is 5.11 Å². The number of fused-ring (bicyclic) bond motifs is 1. The van der Waals surface area contributed by atoms with E-state index in [1.165, 1.54) is 4.57 Å². The maximum absolute atomic E-state index is 15.0. The average Bonchev–Trinajstić information content (AvgIpc) is 2.56. The lowest BCUT2D eigenvalue weighted by Crippen LogP contribution is -2.20. The highest BCUT2D eigenvalue weighted by Crippen LogP contribution is 2.31. The average molecular weight is 329 g/mol. The summed E-state index contributed by atoms with van der Waals surface area (Å²) in [5.41, 5.74) is -1.43. The highest BCUT2D eigenvalue weighted by atomic mass is 19.1. The predicted octanol–water partition coefficient (Wildman–Crippen LogP) is 3.66. The van der Waals surface area contributed by atoms with Gasteiger partial charge in [0, 0.05) is 12.7 Å². The van der Waals surface area contributed by atoms with Crippen LogP contribution in [0.3, 0.4) is 0 Å². The molecule has 1 heterocycles. The second-order valence-corrected chi connectivity index (χ2v) is 5.27. The first-order valence-electron chi connectivity index (χ1n) is 7.29. The van der Waals surface area contributed by atoms with E-state index in [0.717, 1.165) is 12.3 Å². The summed E-state index contributed by atoms with van der Waals surface area (Å²) in [7, 11) is 0. The first kappa shape index (κ1) is 15.9. The summed E-state index contributed by atoms with van der Waals surface area (Å²) in [4.78, 5) is 23.5. The van der Waals surface area contributed by atoms with E-state index < -0.39 is 28.6 Å². The number of carboxylic acids is 1. The van der Waals surface area contributed by atoms with E-state index in [9.17, 15) is 14.0 Å². The lowest BCUT2D eigenvalue weighted by molar-refractivity contribution is 0.0695. The minimum absolute atomic E-state index is 0.104. The molecule has 0 fully saturated rings. The third-order valence-corrected chi connectivity index (χ3v) is 3.89. The summed E-state index contributed by atoms with van der Waals surface area (Å²) in [6.45, 7) is 1.91. The molecule has 6 heteroatoms. The Morgan fingerprint density at radius 2 is 1.88 bits per heavy atom. The van der Waals surface area contributed by atoms with Crippen LogP contribution < -0.4 is 5.43 Å². The maximum atomic E-state index is 15.0. The fourth-order valence-corrected chi connectivity index (χ4v) is 2.76. The predicted molar refractivity (Wildman–Crippen MR) is 86.2 cm³/mol. The summed E-state index contributed by atoms with van der Waals surface area (Å²) in [6, 6.07) is 9.06. The Balaban J connectivity index is 2.48. The number of halogens is 2. The molecular weight excluding hydrogens is 316 g/mol. The van der Waals surface area contributed by atoms with Crippen molar-refractivity contribution in [3.05, 3.63) is 70.0 Å². The van der Waals surface area contributed by atoms with Gasteiger partial charge in [-0.05, 0) is 18.6 Å². The molecule has 0 atom stereocenters. The van der Waals surface area contributed by atoms with Gasteiger partial charge < -0.3 is 9.67 Å². The number of aryl methyl sites for hydroxylation is 1. The monoisotopic (exact) mass is 329 g/mol. The normalized spacial score (nSPS) is 11.0. The summed E-state index contributed by atoms with van der Waals surface area (Å²) in [5.74, 6) is -3.22. The van der Waals surface area contributed by atoms with Crippen LogP contribution in [0.2, 0.25) is 0 Å². The third-order valence-electron chi connectivity index (χ3n) is 3.89. The lowest BCUT2D eigenvalue weighted by Gasteiger charge is -2.14. The molecule has 0 saturated carbocycles. The number of hydrogen-bond acceptors (Lipinski definition) is 2. The molecule has 2 aromatic carbocycles. The number of carboxylic acid groups (broad SMARTS) is 1. The molecule has 0 bridgehead atoms. The third kappa shape index (κ3) is 2.36. The van der Waals surface area contributed by atoms with Crippen molar-refractivity contribution in [1.29, 1.82) is 0 Å². The molecule has 3 aromatic rings. The standard InChI is InChI=1S/C18H13F2NO3/c1-2-21-9-12(18(23)24)17(22)11-8-13(19)14(15(20)16(11)21)10-6-4-3-5-7-10/h3-9H,2H2,1H3,(H,23,24). The molecule has 0 unspecified atom stereocenters. The van der Waals surface area contributed by atoms with Crippen molar-refractivity contribution < 1.29 is 18.7 Å². The molecule has 0 spiro atoms. The van der Waals surface area contributed by atoms with Gasteiger partial charge in [-0.1, -0.05) is 30.3 Å². The summed E-state index contributed by atoms with van der Waals surface area (Å²) < 4.78 is 30.8. The molecule has 0 saturated heterocycles. The fraction of sp³-hybridized carbons (Fsp3) is 0.111. The minimum atomic E-state index is -1.43. The van der Waals surface area contributed by atoms with Gasteiger partial charge in [-0.2, -0.15) is 0 Å². The largest absolute Gasteiger partial charge is 0.477 e. The summed E-state index contributed by atoms with van der Waals surface area (Å²) in [6.07, 6.45) is 1.09. The number of aromatic carboxylic acids is 1. The molecule has 122 valence electrons. The Hall–Kier alpha value is -3.02. The Morgan fingerprint density at radius 3 is 2.46 bits per heavy atom. The smallest absolute Gasteiger partial charge is 0.341 e. The van der Waals surface area contributed by atoms with Crippen molar-refractivity contribution >= 4 is 16.9 Å². The van der Waals surface area contributed by atoms with E-state index in [1.807, 2.05) is 0 Å². The van der Waals surface area contributed by atoms with Crippen LogP contribution in [0.5, 0.6) is 0 Å². The zero-order valence-corrected chi connectivity index (χ0v) is 12.7. The molecule has 4 nitrogen and oxygen atoms in total. The second kappa shape index (κ2) is 5.88. The van der Waals surface area contributed by atoms with Crippen LogP contribution in [0.25, 0.3) is 22.0 Å². The Kier molecular flexibility index (Phi) is 3.89. The summed E-state index contributed by atoms with van der Waals surface area (Å²) in [5, 5.41) is 8.83. The van der Waals surface area contributed by atoms with E-state index in [-0.39, 0.29) is 23.0 Å². The van der Waals surface area contributed by atoms with Crippen LogP contribution in [0.1, 0.15) is 17.3 Å². The van der Waals surface area contributed by atoms with Gasteiger partial charge in [-0.3, -0.25) is 4.79 Å². The van der Waals surface area contributed by atoms with Gasteiger partial charge in [0.25, 0.3) is 0 Å². The zero-order chi connectivity index (χ0) is 17.4. The lowest BCUT2D eigenvalue weighted by atomic mass is 10.0. The quantitative estimate of drug-likeness (QED) is 0.798. The van der Waals surface area contributed by atoms with Gasteiger partial charge in [0.2, 0.25) is 5.43 Å². The number of rotatable bonds is 3. The fourth-order valence-electron chi connectivity index (χ4n) is 2.76. The van der Waals surface area contributed by atoms with Crippen molar-refractivity contribution in [2.45, 2.75) is 13.5 Å². The topological polar surface area (TPSA) is 59.3 Å². The molecule has 0 amide bonds. The second-order valence-electron chi connectivity index (χ2n) is 5.27. The van der Waals surface area contributed by atoms with Crippen molar-refractivity contribution in [1.82, 2.24) is 4.57 Å². The SMILES string of the molecule is CCn1cc(C(=O)O)c(=O)c2cc(F)c(-c3ccccc3)c(F)c21. The van der Waals surface area contributed by atoms with Crippen LogP contribution in [-0.2, 0) is 6.54 Å². The van der Waals surface area contributed by atoms with Gasteiger partial charge in [0.15, 0.2) is 5.82 Å². The van der Waals surface area contributed by atoms with Crippen molar-refractivity contribution in [2.75, 3.05) is 0 Å². The molecule has 0 aliphatic rings. The number of benzene rings is 2. The van der Waals surface area contributed by atoms with Crippen molar-refractivity contribution in [2.24, 2.45) is 0 Å². The first-order valence-corrected chi connectivity index (χ1v) is 7.29. The van der Waals surface area contributed by atoms with Crippen LogP contribution in [0.15, 0.2) is 47.4 Å². The molecule has 1 N–H and O–H groups in total. The molecule has 3 rings (SSSR count). The Morgan fingerprint density at radius 1 is 1.21 bits per heavy atom. The number of aromatic nitrogens is 1. The number of hydrogen-bond donors (Lipinski definition) is 1. The highest BCUT2D eigenvalue weighted by molar-refractivity contribution is 5.94. The molecule has 24 heavy (non-hydrogen) atoms. The van der Waals surface area contributed by atoms with Crippen molar-refractivity contribution in [3.63, 3.8) is 0 Å². The van der Waals surface area contributed by atoms with Crippen LogP contribution in [0.4, 0.5) is 8.78 Å². The Labute approximate surface area is 135 Å².